The van der Waals surface area contributed by atoms with Crippen LogP contribution in [0.2, 0.25) is 10.0 Å². The van der Waals surface area contributed by atoms with Crippen LogP contribution in [-0.2, 0) is 9.53 Å². The lowest BCUT2D eigenvalue weighted by molar-refractivity contribution is -0.149. The van der Waals surface area contributed by atoms with Crippen LogP contribution in [0.25, 0.3) is 0 Å². The highest BCUT2D eigenvalue weighted by atomic mass is 35.5. The van der Waals surface area contributed by atoms with Crippen molar-refractivity contribution >= 4 is 29.2 Å². The SMILES string of the molecule is O=C(COc1ccc(Cl)cc1Cl)OC[C@H]1CCCN2CCCC[C@@H]12. The van der Waals surface area contributed by atoms with Crippen LogP contribution in [0.3, 0.4) is 0 Å². The minimum absolute atomic E-state index is 0.136. The topological polar surface area (TPSA) is 38.8 Å². The highest BCUT2D eigenvalue weighted by Gasteiger charge is 2.33. The average Bonchev–Trinajstić information content (AvgIpc) is 2.59. The van der Waals surface area contributed by atoms with Gasteiger partial charge in [-0.15, -0.1) is 0 Å². The molecule has 0 spiro atoms. The smallest absolute Gasteiger partial charge is 0.344 e. The molecule has 0 bridgehead atoms. The summed E-state index contributed by atoms with van der Waals surface area (Å²) in [6, 6.07) is 5.49. The highest BCUT2D eigenvalue weighted by molar-refractivity contribution is 6.35. The number of hydrogen-bond donors (Lipinski definition) is 0. The molecule has 6 heteroatoms. The molecule has 0 radical (unpaired) electrons. The second-order valence-corrected chi connectivity index (χ2v) is 7.39. The lowest BCUT2D eigenvalue weighted by Crippen LogP contribution is -2.49. The zero-order valence-corrected chi connectivity index (χ0v) is 15.2. The number of piperidine rings is 2. The lowest BCUT2D eigenvalue weighted by atomic mass is 9.84. The Bertz CT molecular complexity index is 579. The number of nitrogens with zero attached hydrogens (tertiary/aromatic N) is 1. The molecule has 0 N–H and O–H groups in total. The molecule has 24 heavy (non-hydrogen) atoms. The average molecular weight is 372 g/mol. The molecule has 0 aromatic heterocycles. The highest BCUT2D eigenvalue weighted by Crippen LogP contribution is 2.31. The Hall–Kier alpha value is -0.970. The number of benzene rings is 1. The number of ether oxygens (including phenoxy) is 2. The Labute approximate surface area is 153 Å². The molecule has 2 aliphatic heterocycles. The number of rotatable bonds is 5. The van der Waals surface area contributed by atoms with E-state index in [4.69, 9.17) is 32.7 Å². The van der Waals surface area contributed by atoms with Gasteiger partial charge in [0.05, 0.1) is 11.6 Å². The number of carbonyl (C=O) groups excluding carboxylic acids is 1. The summed E-state index contributed by atoms with van der Waals surface area (Å²) in [6.45, 7) is 2.72. The van der Waals surface area contributed by atoms with E-state index in [1.54, 1.807) is 18.2 Å². The van der Waals surface area contributed by atoms with E-state index in [1.807, 2.05) is 0 Å². The fourth-order valence-corrected chi connectivity index (χ4v) is 4.21. The fourth-order valence-electron chi connectivity index (χ4n) is 3.74. The fraction of sp³-hybridized carbons (Fsp3) is 0.611. The zero-order chi connectivity index (χ0) is 16.9. The van der Waals surface area contributed by atoms with Gasteiger partial charge in [-0.1, -0.05) is 29.6 Å². The van der Waals surface area contributed by atoms with Crippen molar-refractivity contribution in [1.29, 1.82) is 0 Å². The van der Waals surface area contributed by atoms with Crippen LogP contribution in [0, 0.1) is 5.92 Å². The predicted molar refractivity (Wildman–Crippen MR) is 94.9 cm³/mol. The molecule has 0 aliphatic carbocycles. The second-order valence-electron chi connectivity index (χ2n) is 6.55. The number of carbonyl (C=O) groups is 1. The maximum absolute atomic E-state index is 12.0. The molecule has 0 unspecified atom stereocenters. The maximum Gasteiger partial charge on any atom is 0.344 e. The van der Waals surface area contributed by atoms with Crippen molar-refractivity contribution in [2.75, 3.05) is 26.3 Å². The first-order valence-corrected chi connectivity index (χ1v) is 9.36. The van der Waals surface area contributed by atoms with E-state index in [1.165, 1.54) is 38.8 Å². The van der Waals surface area contributed by atoms with Crippen molar-refractivity contribution in [2.45, 2.75) is 38.1 Å². The van der Waals surface area contributed by atoms with Gasteiger partial charge in [-0.25, -0.2) is 4.79 Å². The monoisotopic (exact) mass is 371 g/mol. The van der Waals surface area contributed by atoms with Gasteiger partial charge < -0.3 is 9.47 Å². The molecule has 2 atom stereocenters. The predicted octanol–water partition coefficient (Wildman–Crippen LogP) is 4.18. The molecule has 3 rings (SSSR count). The van der Waals surface area contributed by atoms with E-state index >= 15 is 0 Å². The summed E-state index contributed by atoms with van der Waals surface area (Å²) in [5.74, 6) is 0.533. The van der Waals surface area contributed by atoms with E-state index in [0.29, 0.717) is 34.4 Å². The molecule has 2 fully saturated rings. The number of fused-ring (bicyclic) bond motifs is 1. The van der Waals surface area contributed by atoms with Crippen molar-refractivity contribution in [3.8, 4) is 5.75 Å². The summed E-state index contributed by atoms with van der Waals surface area (Å²) in [4.78, 5) is 14.5. The standard InChI is InChI=1S/C18H23Cl2NO3/c19-14-6-7-17(15(20)10-14)23-12-18(22)24-11-13-4-3-9-21-8-2-1-5-16(13)21/h6-7,10,13,16H,1-5,8-9,11-12H2/t13-,16+/m1/s1. The first-order chi connectivity index (χ1) is 11.6. The maximum atomic E-state index is 12.0. The van der Waals surface area contributed by atoms with E-state index in [0.717, 1.165) is 6.42 Å². The molecule has 1 aromatic carbocycles. The van der Waals surface area contributed by atoms with Crippen LogP contribution >= 0.6 is 23.2 Å². The van der Waals surface area contributed by atoms with Gasteiger partial charge in [0.2, 0.25) is 0 Å². The van der Waals surface area contributed by atoms with Crippen molar-refractivity contribution < 1.29 is 14.3 Å². The third-order valence-corrected chi connectivity index (χ3v) is 5.46. The van der Waals surface area contributed by atoms with Crippen LogP contribution < -0.4 is 4.74 Å². The number of halogens is 2. The third-order valence-electron chi connectivity index (χ3n) is 4.93. The van der Waals surface area contributed by atoms with Gasteiger partial charge in [-0.05, 0) is 57.0 Å². The lowest BCUT2D eigenvalue weighted by Gasteiger charge is -2.44. The van der Waals surface area contributed by atoms with E-state index in [-0.39, 0.29) is 12.6 Å². The Morgan fingerprint density at radius 3 is 2.83 bits per heavy atom. The Morgan fingerprint density at radius 2 is 2.00 bits per heavy atom. The molecule has 0 amide bonds. The molecule has 2 saturated heterocycles. The summed E-state index contributed by atoms with van der Waals surface area (Å²) >= 11 is 11.9. The Kier molecular flexibility index (Phi) is 6.25. The number of hydrogen-bond acceptors (Lipinski definition) is 4. The summed E-state index contributed by atoms with van der Waals surface area (Å²) in [5, 5.41) is 0.921. The van der Waals surface area contributed by atoms with Crippen LogP contribution in [-0.4, -0.2) is 43.2 Å². The van der Waals surface area contributed by atoms with E-state index < -0.39 is 0 Å². The number of esters is 1. The van der Waals surface area contributed by atoms with Crippen LogP contribution in [0.1, 0.15) is 32.1 Å². The van der Waals surface area contributed by atoms with Crippen LogP contribution in [0.15, 0.2) is 18.2 Å². The Balaban J connectivity index is 1.45. The molecule has 2 aliphatic rings. The third kappa shape index (κ3) is 4.56. The van der Waals surface area contributed by atoms with Gasteiger partial charge in [0.1, 0.15) is 5.75 Å². The van der Waals surface area contributed by atoms with E-state index in [9.17, 15) is 4.79 Å². The minimum Gasteiger partial charge on any atom is -0.480 e. The molecule has 4 nitrogen and oxygen atoms in total. The van der Waals surface area contributed by atoms with Crippen LogP contribution in [0.5, 0.6) is 5.75 Å². The second kappa shape index (κ2) is 8.41. The summed E-state index contributed by atoms with van der Waals surface area (Å²) in [5.41, 5.74) is 0. The van der Waals surface area contributed by atoms with E-state index in [2.05, 4.69) is 4.90 Å². The van der Waals surface area contributed by atoms with Crippen molar-refractivity contribution in [1.82, 2.24) is 4.90 Å². The van der Waals surface area contributed by atoms with Crippen molar-refractivity contribution in [2.24, 2.45) is 5.92 Å². The van der Waals surface area contributed by atoms with Gasteiger partial charge in [0.25, 0.3) is 0 Å². The van der Waals surface area contributed by atoms with Crippen molar-refractivity contribution in [3.05, 3.63) is 28.2 Å². The molecule has 1 aromatic rings. The summed E-state index contributed by atoms with van der Waals surface area (Å²) in [7, 11) is 0. The summed E-state index contributed by atoms with van der Waals surface area (Å²) in [6.07, 6.45) is 6.12. The summed E-state index contributed by atoms with van der Waals surface area (Å²) < 4.78 is 10.9. The first kappa shape index (κ1) is 17.8. The molecule has 0 saturated carbocycles. The van der Waals surface area contributed by atoms with Crippen LogP contribution in [0.4, 0.5) is 0 Å². The molecular formula is C18H23Cl2NO3. The van der Waals surface area contributed by atoms with Crippen molar-refractivity contribution in [3.63, 3.8) is 0 Å². The Morgan fingerprint density at radius 1 is 1.17 bits per heavy atom. The minimum atomic E-state index is -0.353. The van der Waals surface area contributed by atoms with Gasteiger partial charge >= 0.3 is 5.97 Å². The van der Waals surface area contributed by atoms with Gasteiger partial charge in [-0.2, -0.15) is 0 Å². The first-order valence-electron chi connectivity index (χ1n) is 8.61. The van der Waals surface area contributed by atoms with Gasteiger partial charge in [-0.3, -0.25) is 4.90 Å². The quantitative estimate of drug-likeness (QED) is 0.727. The molecule has 2 heterocycles. The largest absolute Gasteiger partial charge is 0.480 e. The molecule has 132 valence electrons. The zero-order valence-electron chi connectivity index (χ0n) is 13.7. The van der Waals surface area contributed by atoms with Gasteiger partial charge in [0.15, 0.2) is 6.61 Å². The molecular weight excluding hydrogens is 349 g/mol. The normalized spacial score (nSPS) is 24.2. The van der Waals surface area contributed by atoms with Gasteiger partial charge in [0, 0.05) is 17.0 Å².